The first-order chi connectivity index (χ1) is 14.4. The Labute approximate surface area is 181 Å². The molecule has 2 aromatic heterocycles. The fourth-order valence-electron chi connectivity index (χ4n) is 4.12. The van der Waals surface area contributed by atoms with Crippen LogP contribution in [-0.2, 0) is 12.8 Å². The van der Waals surface area contributed by atoms with Crippen LogP contribution in [0.3, 0.4) is 0 Å². The number of aryl methyl sites for hydroxylation is 1. The largest absolute Gasteiger partial charge is 0.417 e. The summed E-state index contributed by atoms with van der Waals surface area (Å²) in [5, 5.41) is 5.41. The first kappa shape index (κ1) is 20.4. The van der Waals surface area contributed by atoms with E-state index in [1.165, 1.54) is 0 Å². The lowest BCUT2D eigenvalue weighted by molar-refractivity contribution is 0.121. The summed E-state index contributed by atoms with van der Waals surface area (Å²) in [6.45, 7) is 7.90. The summed E-state index contributed by atoms with van der Waals surface area (Å²) in [5.74, 6) is 0.321. The minimum Gasteiger partial charge on any atom is -0.389 e. The van der Waals surface area contributed by atoms with Crippen LogP contribution in [0.1, 0.15) is 39.0 Å². The molecule has 2 heterocycles. The summed E-state index contributed by atoms with van der Waals surface area (Å²) in [6.07, 6.45) is 4.67. The van der Waals surface area contributed by atoms with Gasteiger partial charge in [0.05, 0.1) is 16.9 Å². The summed E-state index contributed by atoms with van der Waals surface area (Å²) in [7, 11) is 0. The molecule has 0 aliphatic heterocycles. The predicted molar refractivity (Wildman–Crippen MR) is 117 cm³/mol. The van der Waals surface area contributed by atoms with Crippen molar-refractivity contribution < 1.29 is 9.53 Å². The third-order valence-corrected chi connectivity index (χ3v) is 5.57. The van der Waals surface area contributed by atoms with E-state index in [9.17, 15) is 4.79 Å². The number of carbonyl (C=O) groups is 1. The number of amides is 1. The molecule has 156 valence electrons. The highest BCUT2D eigenvalue weighted by molar-refractivity contribution is 6.30. The minimum atomic E-state index is -0.400. The molecular formula is C23H25ClN4O2. The maximum atomic E-state index is 13.0. The van der Waals surface area contributed by atoms with Crippen LogP contribution in [-0.4, -0.2) is 37.8 Å². The van der Waals surface area contributed by atoms with Crippen molar-refractivity contribution in [2.24, 2.45) is 0 Å². The molecule has 3 aromatic rings. The number of fused-ring (bicyclic) bond motifs is 3. The van der Waals surface area contributed by atoms with Gasteiger partial charge in [-0.2, -0.15) is 0 Å². The zero-order valence-corrected chi connectivity index (χ0v) is 18.3. The number of hydrogen-bond donors (Lipinski definition) is 0. The average molecular weight is 425 g/mol. The molecule has 0 fully saturated rings. The second-order valence-electron chi connectivity index (χ2n) is 8.01. The van der Waals surface area contributed by atoms with E-state index in [4.69, 9.17) is 21.4 Å². The lowest BCUT2D eigenvalue weighted by atomic mass is 9.89. The van der Waals surface area contributed by atoms with Gasteiger partial charge in [-0.25, -0.2) is 9.48 Å². The monoisotopic (exact) mass is 424 g/mol. The van der Waals surface area contributed by atoms with Crippen molar-refractivity contribution in [3.8, 4) is 22.7 Å². The number of aromatic nitrogens is 3. The van der Waals surface area contributed by atoms with Gasteiger partial charge in [0, 0.05) is 29.5 Å². The molecule has 0 radical (unpaired) electrons. The van der Waals surface area contributed by atoms with Crippen LogP contribution >= 0.6 is 11.6 Å². The van der Waals surface area contributed by atoms with Gasteiger partial charge in [0.25, 0.3) is 5.88 Å². The van der Waals surface area contributed by atoms with Crippen LogP contribution in [0.25, 0.3) is 16.8 Å². The molecule has 0 spiro atoms. The fourth-order valence-corrected chi connectivity index (χ4v) is 4.32. The number of benzene rings is 1. The van der Waals surface area contributed by atoms with Gasteiger partial charge in [0.1, 0.15) is 0 Å². The van der Waals surface area contributed by atoms with E-state index in [1.807, 2.05) is 62.7 Å². The molecule has 1 amide bonds. The Morgan fingerprint density at radius 3 is 2.47 bits per heavy atom. The maximum Gasteiger partial charge on any atom is 0.417 e. The van der Waals surface area contributed by atoms with Crippen molar-refractivity contribution in [2.45, 2.75) is 52.6 Å². The number of rotatable bonds is 4. The third kappa shape index (κ3) is 3.67. The van der Waals surface area contributed by atoms with Crippen molar-refractivity contribution in [2.75, 3.05) is 0 Å². The van der Waals surface area contributed by atoms with Gasteiger partial charge in [-0.05, 0) is 75.9 Å². The normalized spacial score (nSPS) is 12.6. The first-order valence-corrected chi connectivity index (χ1v) is 10.6. The number of halogens is 1. The van der Waals surface area contributed by atoms with Crippen LogP contribution < -0.4 is 4.74 Å². The van der Waals surface area contributed by atoms with Crippen LogP contribution in [0, 0.1) is 0 Å². The Bertz CT molecular complexity index is 1070. The molecule has 0 saturated carbocycles. The summed E-state index contributed by atoms with van der Waals surface area (Å²) < 4.78 is 7.75. The number of ether oxygens (including phenoxy) is 1. The standard InChI is InChI=1S/C23H25ClN4O2/c1-14(2)27(15(3)4)23(29)30-22-21-19-7-6-17(24)13-16(19)5-8-20(21)28(26-22)18-9-11-25-12-10-18/h6-7,9-15H,5,8H2,1-4H3. The van der Waals surface area contributed by atoms with Crippen molar-refractivity contribution in [3.63, 3.8) is 0 Å². The Balaban J connectivity index is 1.84. The van der Waals surface area contributed by atoms with Crippen LogP contribution in [0.5, 0.6) is 5.88 Å². The molecule has 7 heteroatoms. The molecule has 0 bridgehead atoms. The lowest BCUT2D eigenvalue weighted by Crippen LogP contribution is -2.43. The van der Waals surface area contributed by atoms with Gasteiger partial charge >= 0.3 is 6.09 Å². The molecule has 0 saturated heterocycles. The van der Waals surface area contributed by atoms with Gasteiger partial charge in [-0.15, -0.1) is 5.10 Å². The Hall–Kier alpha value is -2.86. The van der Waals surface area contributed by atoms with Crippen LogP contribution in [0.2, 0.25) is 5.02 Å². The third-order valence-electron chi connectivity index (χ3n) is 5.33. The van der Waals surface area contributed by atoms with E-state index >= 15 is 0 Å². The van der Waals surface area contributed by atoms with Gasteiger partial charge < -0.3 is 9.64 Å². The quantitative estimate of drug-likeness (QED) is 0.569. The van der Waals surface area contributed by atoms with Crippen LogP contribution in [0.15, 0.2) is 42.7 Å². The maximum absolute atomic E-state index is 13.0. The van der Waals surface area contributed by atoms with Crippen molar-refractivity contribution >= 4 is 17.7 Å². The Kier molecular flexibility index (Phi) is 5.52. The molecule has 0 unspecified atom stereocenters. The average Bonchev–Trinajstić information content (AvgIpc) is 3.06. The second-order valence-corrected chi connectivity index (χ2v) is 8.44. The lowest BCUT2D eigenvalue weighted by Gasteiger charge is -2.29. The highest BCUT2D eigenvalue weighted by atomic mass is 35.5. The highest BCUT2D eigenvalue weighted by Gasteiger charge is 2.30. The second kappa shape index (κ2) is 8.11. The van der Waals surface area contributed by atoms with Crippen molar-refractivity contribution in [1.82, 2.24) is 19.7 Å². The molecule has 1 aliphatic carbocycles. The molecular weight excluding hydrogens is 400 g/mol. The van der Waals surface area contributed by atoms with Crippen molar-refractivity contribution in [3.05, 3.63) is 59.0 Å². The molecule has 1 aliphatic rings. The van der Waals surface area contributed by atoms with Gasteiger partial charge in [0.15, 0.2) is 0 Å². The molecule has 4 rings (SSSR count). The van der Waals surface area contributed by atoms with E-state index in [1.54, 1.807) is 17.3 Å². The molecule has 1 aromatic carbocycles. The Morgan fingerprint density at radius 1 is 1.10 bits per heavy atom. The van der Waals surface area contributed by atoms with E-state index in [2.05, 4.69) is 4.98 Å². The SMILES string of the molecule is CC(C)N(C(=O)Oc1nn(-c2ccncc2)c2c1-c1ccc(Cl)cc1CC2)C(C)C. The van der Waals surface area contributed by atoms with E-state index in [0.29, 0.717) is 10.9 Å². The van der Waals surface area contributed by atoms with Crippen LogP contribution in [0.4, 0.5) is 4.79 Å². The smallest absolute Gasteiger partial charge is 0.389 e. The van der Waals surface area contributed by atoms with Gasteiger partial charge in [-0.3, -0.25) is 4.98 Å². The summed E-state index contributed by atoms with van der Waals surface area (Å²) in [4.78, 5) is 18.8. The van der Waals surface area contributed by atoms with Crippen molar-refractivity contribution in [1.29, 1.82) is 0 Å². The molecule has 0 N–H and O–H groups in total. The summed E-state index contributed by atoms with van der Waals surface area (Å²) >= 11 is 6.22. The number of pyridine rings is 1. The van der Waals surface area contributed by atoms with E-state index < -0.39 is 6.09 Å². The molecule has 0 atom stereocenters. The van der Waals surface area contributed by atoms with Gasteiger partial charge in [-0.1, -0.05) is 17.7 Å². The number of carbonyl (C=O) groups excluding carboxylic acids is 1. The topological polar surface area (TPSA) is 60.3 Å². The number of nitrogens with zero attached hydrogens (tertiary/aromatic N) is 4. The highest BCUT2D eigenvalue weighted by Crippen LogP contribution is 2.41. The molecule has 6 nitrogen and oxygen atoms in total. The predicted octanol–water partition coefficient (Wildman–Crippen LogP) is 5.30. The summed E-state index contributed by atoms with van der Waals surface area (Å²) in [6, 6.07) is 9.64. The van der Waals surface area contributed by atoms with Gasteiger partial charge in [0.2, 0.25) is 0 Å². The van der Waals surface area contributed by atoms with E-state index in [-0.39, 0.29) is 12.1 Å². The first-order valence-electron chi connectivity index (χ1n) is 10.2. The minimum absolute atomic E-state index is 0.0155. The zero-order chi connectivity index (χ0) is 21.4. The van der Waals surface area contributed by atoms with E-state index in [0.717, 1.165) is 40.9 Å². The molecule has 30 heavy (non-hydrogen) atoms. The Morgan fingerprint density at radius 2 is 1.80 bits per heavy atom. The zero-order valence-electron chi connectivity index (χ0n) is 17.6. The summed E-state index contributed by atoms with van der Waals surface area (Å²) in [5.41, 5.74) is 4.88. The number of hydrogen-bond acceptors (Lipinski definition) is 4. The fraction of sp³-hybridized carbons (Fsp3) is 0.348.